The van der Waals surface area contributed by atoms with E-state index in [-0.39, 0.29) is 0 Å². The van der Waals surface area contributed by atoms with E-state index in [1.165, 1.54) is 0 Å². The molecule has 0 atom stereocenters. The number of methoxy groups -OCH3 is 2. The van der Waals surface area contributed by atoms with Crippen LogP contribution < -0.4 is 14.8 Å². The molecule has 0 saturated heterocycles. The third-order valence-electron chi connectivity index (χ3n) is 3.02. The maximum Gasteiger partial charge on any atom is 0.138 e. The van der Waals surface area contributed by atoms with Crippen molar-refractivity contribution in [2.45, 2.75) is 26.4 Å². The molecule has 1 N–H and O–H groups in total. The maximum atomic E-state index is 5.86. The molecule has 0 amide bonds. The van der Waals surface area contributed by atoms with Crippen LogP contribution in [0.2, 0.25) is 0 Å². The summed E-state index contributed by atoms with van der Waals surface area (Å²) >= 11 is 0. The molecule has 0 fully saturated rings. The zero-order valence-electron chi connectivity index (χ0n) is 12.4. The lowest BCUT2D eigenvalue weighted by Crippen LogP contribution is -2.21. The van der Waals surface area contributed by atoms with Crippen molar-refractivity contribution in [3.05, 3.63) is 36.1 Å². The van der Waals surface area contributed by atoms with Crippen molar-refractivity contribution < 1.29 is 13.9 Å². The largest absolute Gasteiger partial charge is 0.497 e. The van der Waals surface area contributed by atoms with Crippen molar-refractivity contribution in [1.29, 1.82) is 0 Å². The highest BCUT2D eigenvalue weighted by Crippen LogP contribution is 2.34. The molecule has 4 heteroatoms. The zero-order chi connectivity index (χ0) is 14.5. The molecule has 0 aliphatic rings. The molecule has 0 saturated carbocycles. The number of benzene rings is 1. The molecule has 0 spiro atoms. The van der Waals surface area contributed by atoms with Gasteiger partial charge in [-0.15, -0.1) is 0 Å². The van der Waals surface area contributed by atoms with Crippen LogP contribution in [0.1, 0.15) is 19.6 Å². The number of hydrogen-bond donors (Lipinski definition) is 1. The van der Waals surface area contributed by atoms with Crippen molar-refractivity contribution >= 4 is 0 Å². The summed E-state index contributed by atoms with van der Waals surface area (Å²) in [5.41, 5.74) is 0.891. The minimum absolute atomic E-state index is 0.426. The van der Waals surface area contributed by atoms with E-state index in [9.17, 15) is 0 Å². The average Bonchev–Trinajstić information content (AvgIpc) is 2.93. The second-order valence-electron chi connectivity index (χ2n) is 4.87. The van der Waals surface area contributed by atoms with Gasteiger partial charge in [-0.05, 0) is 30.3 Å². The van der Waals surface area contributed by atoms with Gasteiger partial charge in [0.05, 0.1) is 26.3 Å². The lowest BCUT2D eigenvalue weighted by atomic mass is 10.1. The van der Waals surface area contributed by atoms with E-state index in [0.29, 0.717) is 12.6 Å². The van der Waals surface area contributed by atoms with Gasteiger partial charge in [0.2, 0.25) is 0 Å². The van der Waals surface area contributed by atoms with Crippen molar-refractivity contribution in [2.24, 2.45) is 0 Å². The van der Waals surface area contributed by atoms with Gasteiger partial charge in [0.25, 0.3) is 0 Å². The van der Waals surface area contributed by atoms with Crippen molar-refractivity contribution in [3.63, 3.8) is 0 Å². The van der Waals surface area contributed by atoms with E-state index < -0.39 is 0 Å². The quantitative estimate of drug-likeness (QED) is 0.876. The second kappa shape index (κ2) is 6.48. The molecule has 0 unspecified atom stereocenters. The Bertz CT molecular complexity index is 561. The summed E-state index contributed by atoms with van der Waals surface area (Å²) in [6.45, 7) is 4.92. The molecule has 1 heterocycles. The number of nitrogens with one attached hydrogen (secondary N) is 1. The Morgan fingerprint density at radius 1 is 1.10 bits per heavy atom. The van der Waals surface area contributed by atoms with Gasteiger partial charge in [-0.3, -0.25) is 0 Å². The summed E-state index contributed by atoms with van der Waals surface area (Å²) in [7, 11) is 3.29. The van der Waals surface area contributed by atoms with Crippen LogP contribution in [0.5, 0.6) is 11.5 Å². The lowest BCUT2D eigenvalue weighted by molar-refractivity contribution is 0.402. The molecule has 0 radical (unpaired) electrons. The van der Waals surface area contributed by atoms with E-state index in [2.05, 4.69) is 19.2 Å². The Kier molecular flexibility index (Phi) is 4.69. The van der Waals surface area contributed by atoms with Crippen molar-refractivity contribution in [3.8, 4) is 22.8 Å². The fraction of sp³-hybridized carbons (Fsp3) is 0.375. The number of furan rings is 1. The summed E-state index contributed by atoms with van der Waals surface area (Å²) in [6, 6.07) is 10.0. The van der Waals surface area contributed by atoms with Gasteiger partial charge >= 0.3 is 0 Å². The van der Waals surface area contributed by atoms with Crippen LogP contribution >= 0.6 is 0 Å². The standard InChI is InChI=1S/C16H21NO3/c1-11(2)17-10-13-6-8-16(20-13)14-9-12(18-3)5-7-15(14)19-4/h5-9,11,17H,10H2,1-4H3. The predicted octanol–water partition coefficient (Wildman–Crippen LogP) is 3.46. The van der Waals surface area contributed by atoms with Crippen LogP contribution in [-0.4, -0.2) is 20.3 Å². The third kappa shape index (κ3) is 3.33. The van der Waals surface area contributed by atoms with Gasteiger partial charge in [0.1, 0.15) is 23.0 Å². The van der Waals surface area contributed by atoms with Crippen LogP contribution in [0.4, 0.5) is 0 Å². The summed E-state index contributed by atoms with van der Waals surface area (Å²) in [4.78, 5) is 0. The highest BCUT2D eigenvalue weighted by atomic mass is 16.5. The first-order chi connectivity index (χ1) is 9.63. The second-order valence-corrected chi connectivity index (χ2v) is 4.87. The zero-order valence-corrected chi connectivity index (χ0v) is 12.4. The molecule has 108 valence electrons. The highest BCUT2D eigenvalue weighted by Gasteiger charge is 2.12. The molecular formula is C16H21NO3. The van der Waals surface area contributed by atoms with Crippen LogP contribution in [0.15, 0.2) is 34.7 Å². The van der Waals surface area contributed by atoms with Crippen LogP contribution in [0.3, 0.4) is 0 Å². The number of rotatable bonds is 6. The average molecular weight is 275 g/mol. The first-order valence-corrected chi connectivity index (χ1v) is 6.68. The molecule has 4 nitrogen and oxygen atoms in total. The summed E-state index contributed by atoms with van der Waals surface area (Å²) in [5.74, 6) is 3.22. The monoisotopic (exact) mass is 275 g/mol. The Labute approximate surface area is 119 Å². The van der Waals surface area contributed by atoms with Crippen LogP contribution in [0.25, 0.3) is 11.3 Å². The Morgan fingerprint density at radius 3 is 2.55 bits per heavy atom. The molecule has 2 aromatic rings. The van der Waals surface area contributed by atoms with Gasteiger partial charge in [-0.25, -0.2) is 0 Å². The summed E-state index contributed by atoms with van der Waals surface area (Å²) < 4.78 is 16.5. The number of ether oxygens (including phenoxy) is 2. The fourth-order valence-corrected chi connectivity index (χ4v) is 1.93. The van der Waals surface area contributed by atoms with Crippen molar-refractivity contribution in [2.75, 3.05) is 14.2 Å². The number of hydrogen-bond acceptors (Lipinski definition) is 4. The van der Waals surface area contributed by atoms with Crippen LogP contribution in [-0.2, 0) is 6.54 Å². The summed E-state index contributed by atoms with van der Waals surface area (Å²) in [5, 5.41) is 3.33. The fourth-order valence-electron chi connectivity index (χ4n) is 1.93. The highest BCUT2D eigenvalue weighted by molar-refractivity contribution is 5.68. The topological polar surface area (TPSA) is 43.6 Å². The van der Waals surface area contributed by atoms with Gasteiger partial charge < -0.3 is 19.2 Å². The third-order valence-corrected chi connectivity index (χ3v) is 3.02. The first-order valence-electron chi connectivity index (χ1n) is 6.68. The predicted molar refractivity (Wildman–Crippen MR) is 79.2 cm³/mol. The molecule has 0 aliphatic heterocycles. The molecule has 1 aromatic carbocycles. The molecular weight excluding hydrogens is 254 g/mol. The van der Waals surface area contributed by atoms with Crippen molar-refractivity contribution in [1.82, 2.24) is 5.32 Å². The Balaban J connectivity index is 2.26. The molecule has 2 rings (SSSR count). The van der Waals surface area contributed by atoms with Gasteiger partial charge in [-0.2, -0.15) is 0 Å². The first kappa shape index (κ1) is 14.5. The Hall–Kier alpha value is -1.94. The SMILES string of the molecule is COc1ccc(OC)c(-c2ccc(CNC(C)C)o2)c1. The molecule has 0 bridgehead atoms. The Morgan fingerprint density at radius 2 is 1.90 bits per heavy atom. The van der Waals surface area contributed by atoms with E-state index in [1.807, 2.05) is 30.3 Å². The molecule has 20 heavy (non-hydrogen) atoms. The lowest BCUT2D eigenvalue weighted by Gasteiger charge is -2.09. The van der Waals surface area contributed by atoms with Gasteiger partial charge in [-0.1, -0.05) is 13.8 Å². The van der Waals surface area contributed by atoms with E-state index >= 15 is 0 Å². The molecule has 0 aliphatic carbocycles. The maximum absolute atomic E-state index is 5.86. The smallest absolute Gasteiger partial charge is 0.138 e. The van der Waals surface area contributed by atoms with Gasteiger partial charge in [0, 0.05) is 6.04 Å². The van der Waals surface area contributed by atoms with E-state index in [1.54, 1.807) is 14.2 Å². The minimum Gasteiger partial charge on any atom is -0.497 e. The summed E-state index contributed by atoms with van der Waals surface area (Å²) in [6.07, 6.45) is 0. The normalized spacial score (nSPS) is 10.8. The molecule has 1 aromatic heterocycles. The van der Waals surface area contributed by atoms with E-state index in [0.717, 1.165) is 28.6 Å². The van der Waals surface area contributed by atoms with E-state index in [4.69, 9.17) is 13.9 Å². The van der Waals surface area contributed by atoms with Crippen LogP contribution in [0, 0.1) is 0 Å². The minimum atomic E-state index is 0.426. The van der Waals surface area contributed by atoms with Gasteiger partial charge in [0.15, 0.2) is 0 Å².